The summed E-state index contributed by atoms with van der Waals surface area (Å²) in [6.07, 6.45) is 6.88. The van der Waals surface area contributed by atoms with Crippen molar-refractivity contribution < 1.29 is 0 Å². The molecule has 0 saturated carbocycles. The van der Waals surface area contributed by atoms with Gasteiger partial charge in [-0.05, 0) is 148 Å². The highest BCUT2D eigenvalue weighted by molar-refractivity contribution is 7.63. The predicted molar refractivity (Wildman–Crippen MR) is 213 cm³/mol. The van der Waals surface area contributed by atoms with E-state index in [-0.39, 0.29) is 0 Å². The Balaban J connectivity index is 1.80. The van der Waals surface area contributed by atoms with Crippen LogP contribution in [-0.2, 0) is 0 Å². The van der Waals surface area contributed by atoms with Crippen molar-refractivity contribution in [1.82, 2.24) is 0 Å². The molecule has 0 bridgehead atoms. The molecule has 0 unspecified atom stereocenters. The lowest BCUT2D eigenvalue weighted by atomic mass is 10.0. The number of anilines is 3. The van der Waals surface area contributed by atoms with E-state index in [0.717, 1.165) is 17.1 Å². The van der Waals surface area contributed by atoms with Crippen molar-refractivity contribution in [2.75, 3.05) is 14.0 Å². The Labute approximate surface area is 291 Å². The largest absolute Gasteiger partial charge is 0.290 e. The second kappa shape index (κ2) is 13.8. The van der Waals surface area contributed by atoms with Gasteiger partial charge in [0, 0.05) is 23.8 Å². The summed E-state index contributed by atoms with van der Waals surface area (Å²) in [6.45, 7) is 31.0. The molecule has 1 heterocycles. The van der Waals surface area contributed by atoms with Gasteiger partial charge in [-0.15, -0.1) is 0 Å². The first kappa shape index (κ1) is 35.2. The average Bonchev–Trinajstić information content (AvgIpc) is 3.34. The SMILES string of the molecule is CC(/C=C(\C)N(c1c(C)cc(C)cc1C)P1N(c2c(C)cc(C)cc2C)C=CN1c1c(C)cc(C)cc1C)=Nc1c(C)cc(C)cc1C. The van der Waals surface area contributed by atoms with Crippen molar-refractivity contribution in [3.05, 3.63) is 139 Å². The number of rotatable bonds is 7. The van der Waals surface area contributed by atoms with Crippen LogP contribution in [0.15, 0.2) is 77.7 Å². The molecular weight excluding hydrogens is 603 g/mol. The third kappa shape index (κ3) is 6.87. The summed E-state index contributed by atoms with van der Waals surface area (Å²) in [5.74, 6) is 0. The van der Waals surface area contributed by atoms with E-state index >= 15 is 0 Å². The van der Waals surface area contributed by atoms with Gasteiger partial charge in [0.15, 0.2) is 0 Å². The minimum absolute atomic E-state index is 0.987. The van der Waals surface area contributed by atoms with E-state index in [0.29, 0.717) is 0 Å². The molecule has 0 radical (unpaired) electrons. The predicted octanol–water partition coefficient (Wildman–Crippen LogP) is 12.6. The van der Waals surface area contributed by atoms with Crippen LogP contribution in [0.5, 0.6) is 0 Å². The summed E-state index contributed by atoms with van der Waals surface area (Å²) in [5.41, 5.74) is 22.2. The minimum Gasteiger partial charge on any atom is -0.290 e. The van der Waals surface area contributed by atoms with Crippen molar-refractivity contribution in [3.63, 3.8) is 0 Å². The van der Waals surface area contributed by atoms with E-state index in [9.17, 15) is 0 Å². The lowest BCUT2D eigenvalue weighted by Crippen LogP contribution is -2.31. The number of aliphatic imine (C=N–C) groups is 1. The van der Waals surface area contributed by atoms with Crippen molar-refractivity contribution in [3.8, 4) is 0 Å². The maximum atomic E-state index is 5.21. The summed E-state index contributed by atoms with van der Waals surface area (Å²) < 4.78 is 7.68. The van der Waals surface area contributed by atoms with Crippen molar-refractivity contribution in [2.45, 2.75) is 96.9 Å². The number of benzene rings is 4. The van der Waals surface area contributed by atoms with Crippen molar-refractivity contribution in [1.29, 1.82) is 0 Å². The van der Waals surface area contributed by atoms with Gasteiger partial charge >= 0.3 is 0 Å². The molecule has 4 aromatic rings. The average molecular weight is 657 g/mol. The fourth-order valence-electron chi connectivity index (χ4n) is 7.77. The fourth-order valence-corrected chi connectivity index (χ4v) is 10.5. The summed E-state index contributed by atoms with van der Waals surface area (Å²) in [4.78, 5) is 5.21. The molecule has 48 heavy (non-hydrogen) atoms. The molecule has 0 aliphatic carbocycles. The zero-order valence-electron chi connectivity index (χ0n) is 31.6. The van der Waals surface area contributed by atoms with Crippen LogP contribution in [0.1, 0.15) is 80.6 Å². The molecule has 0 saturated heterocycles. The van der Waals surface area contributed by atoms with E-state index in [4.69, 9.17) is 4.99 Å². The van der Waals surface area contributed by atoms with Gasteiger partial charge in [-0.1, -0.05) is 70.8 Å². The molecular formula is C43H53N4P. The molecule has 0 fully saturated rings. The van der Waals surface area contributed by atoms with Gasteiger partial charge in [0.05, 0.1) is 22.7 Å². The lowest BCUT2D eigenvalue weighted by molar-refractivity contribution is 1.16. The summed E-state index contributed by atoms with van der Waals surface area (Å²) in [5, 5.41) is 0. The molecule has 250 valence electrons. The molecule has 5 rings (SSSR count). The van der Waals surface area contributed by atoms with E-state index in [1.165, 1.54) is 83.8 Å². The molecule has 0 atom stereocenters. The normalized spacial score (nSPS) is 14.0. The van der Waals surface area contributed by atoms with E-state index in [2.05, 4.69) is 178 Å². The first-order chi connectivity index (χ1) is 22.6. The molecule has 1 aliphatic rings. The fraction of sp³-hybridized carbons (Fsp3) is 0.326. The number of aryl methyl sites for hydroxylation is 12. The summed E-state index contributed by atoms with van der Waals surface area (Å²) in [7, 11) is -1.17. The van der Waals surface area contributed by atoms with E-state index < -0.39 is 8.37 Å². The van der Waals surface area contributed by atoms with Gasteiger partial charge in [-0.3, -0.25) is 19.0 Å². The van der Waals surface area contributed by atoms with Crippen LogP contribution in [0.2, 0.25) is 0 Å². The Morgan fingerprint density at radius 1 is 0.521 bits per heavy atom. The molecule has 4 nitrogen and oxygen atoms in total. The highest BCUT2D eigenvalue weighted by Crippen LogP contribution is 2.61. The second-order valence-electron chi connectivity index (χ2n) is 14.1. The standard InChI is InChI=1S/C43H53N4P/c1-26-17-30(5)40(31(6)18-26)44-38(13)25-39(14)47(43-36(11)23-29(4)24-37(43)12)48-45(41-32(7)19-27(2)20-33(41)8)15-16-46(48)42-34(9)21-28(3)22-35(42)10/h15-25H,1-14H3/b39-25+,44-38?. The Kier molecular flexibility index (Phi) is 10.1. The lowest BCUT2D eigenvalue weighted by Gasteiger charge is -2.43. The van der Waals surface area contributed by atoms with Crippen molar-refractivity contribution in [2.24, 2.45) is 4.99 Å². The van der Waals surface area contributed by atoms with Crippen LogP contribution in [0, 0.1) is 83.1 Å². The molecule has 0 aromatic heterocycles. The molecule has 4 aromatic carbocycles. The highest BCUT2D eigenvalue weighted by atomic mass is 31.2. The smallest absolute Gasteiger partial charge is 0.221 e. The van der Waals surface area contributed by atoms with Crippen molar-refractivity contribution >= 4 is 36.8 Å². The number of nitrogens with zero attached hydrogens (tertiary/aromatic N) is 4. The van der Waals surface area contributed by atoms with Crippen LogP contribution in [-0.4, -0.2) is 5.71 Å². The van der Waals surface area contributed by atoms with Gasteiger partial charge in [-0.25, -0.2) is 0 Å². The summed E-state index contributed by atoms with van der Waals surface area (Å²) >= 11 is 0. The van der Waals surface area contributed by atoms with E-state index in [1.54, 1.807) is 0 Å². The Morgan fingerprint density at radius 2 is 0.854 bits per heavy atom. The van der Waals surface area contributed by atoms with Crippen LogP contribution in [0.3, 0.4) is 0 Å². The third-order valence-electron chi connectivity index (χ3n) is 9.17. The first-order valence-corrected chi connectivity index (χ1v) is 18.2. The Hall–Kier alpha value is -4.14. The summed E-state index contributed by atoms with van der Waals surface area (Å²) in [6, 6.07) is 18.3. The number of hydrogen-bond acceptors (Lipinski definition) is 4. The van der Waals surface area contributed by atoms with Crippen LogP contribution >= 0.6 is 8.37 Å². The highest BCUT2D eigenvalue weighted by Gasteiger charge is 2.40. The van der Waals surface area contributed by atoms with Crippen LogP contribution < -0.4 is 14.0 Å². The van der Waals surface area contributed by atoms with E-state index in [1.807, 2.05) is 0 Å². The van der Waals surface area contributed by atoms with Gasteiger partial charge < -0.3 is 0 Å². The number of allylic oxidation sites excluding steroid dienone is 2. The maximum Gasteiger partial charge on any atom is 0.221 e. The maximum absolute atomic E-state index is 5.21. The van der Waals surface area contributed by atoms with Gasteiger partial charge in [-0.2, -0.15) is 0 Å². The van der Waals surface area contributed by atoms with Gasteiger partial charge in [0.25, 0.3) is 0 Å². The molecule has 5 heteroatoms. The Bertz CT molecular complexity index is 1840. The van der Waals surface area contributed by atoms with Gasteiger partial charge in [0.1, 0.15) is 0 Å². The van der Waals surface area contributed by atoms with Crippen LogP contribution in [0.25, 0.3) is 0 Å². The van der Waals surface area contributed by atoms with Crippen LogP contribution in [0.4, 0.5) is 22.7 Å². The quantitative estimate of drug-likeness (QED) is 0.146. The minimum atomic E-state index is -1.17. The van der Waals surface area contributed by atoms with Gasteiger partial charge in [0.2, 0.25) is 8.37 Å². The number of hydrogen-bond donors (Lipinski definition) is 0. The molecule has 0 N–H and O–H groups in total. The molecule has 1 aliphatic heterocycles. The topological polar surface area (TPSA) is 22.1 Å². The zero-order valence-corrected chi connectivity index (χ0v) is 32.5. The Morgan fingerprint density at radius 3 is 1.23 bits per heavy atom. The second-order valence-corrected chi connectivity index (χ2v) is 15.9. The molecule has 0 amide bonds. The third-order valence-corrected chi connectivity index (χ3v) is 11.5. The zero-order chi connectivity index (χ0) is 35.2. The first-order valence-electron chi connectivity index (χ1n) is 17.0. The monoisotopic (exact) mass is 656 g/mol. The molecule has 0 spiro atoms.